The van der Waals surface area contributed by atoms with Crippen LogP contribution in [0.5, 0.6) is 5.75 Å². The van der Waals surface area contributed by atoms with Crippen LogP contribution in [0.3, 0.4) is 0 Å². The van der Waals surface area contributed by atoms with Gasteiger partial charge in [0.05, 0.1) is 24.3 Å². The van der Waals surface area contributed by atoms with Gasteiger partial charge in [-0.1, -0.05) is 29.3 Å². The molecule has 0 spiro atoms. The van der Waals surface area contributed by atoms with Gasteiger partial charge in [-0.15, -0.1) is 11.3 Å². The second kappa shape index (κ2) is 10.5. The molecule has 0 aliphatic carbocycles. The van der Waals surface area contributed by atoms with Gasteiger partial charge in [0.1, 0.15) is 10.8 Å². The Morgan fingerprint density at radius 3 is 3.07 bits per heavy atom. The minimum atomic E-state index is 0.0753. The van der Waals surface area contributed by atoms with Gasteiger partial charge >= 0.3 is 0 Å². The maximum absolute atomic E-state index is 12.6. The number of benzene rings is 1. The first kappa shape index (κ1) is 22.2. The SMILES string of the molecule is CCCC(C)NC(=O)C1CCCN(Cc2csc(-c3cc(Br)ccc3OC)n2)C1. The molecule has 3 rings (SSSR count). The van der Waals surface area contributed by atoms with E-state index in [0.29, 0.717) is 0 Å². The topological polar surface area (TPSA) is 54.5 Å². The van der Waals surface area contributed by atoms with E-state index in [0.717, 1.165) is 71.8 Å². The molecule has 1 aromatic heterocycles. The molecule has 5 nitrogen and oxygen atoms in total. The Morgan fingerprint density at radius 1 is 1.48 bits per heavy atom. The lowest BCUT2D eigenvalue weighted by Crippen LogP contribution is -2.45. The maximum atomic E-state index is 12.6. The van der Waals surface area contributed by atoms with Gasteiger partial charge in [0, 0.05) is 29.0 Å². The third-order valence-corrected chi connectivity index (χ3v) is 6.73. The molecule has 0 saturated carbocycles. The van der Waals surface area contributed by atoms with E-state index in [4.69, 9.17) is 9.72 Å². The van der Waals surface area contributed by atoms with Crippen LogP contribution in [0.4, 0.5) is 0 Å². The molecule has 2 aromatic rings. The van der Waals surface area contributed by atoms with Crippen LogP contribution < -0.4 is 10.1 Å². The fourth-order valence-corrected chi connectivity index (χ4v) is 5.05. The molecular weight excluding hydrogens is 450 g/mol. The van der Waals surface area contributed by atoms with Crippen LogP contribution in [0.15, 0.2) is 28.1 Å². The van der Waals surface area contributed by atoms with Crippen molar-refractivity contribution < 1.29 is 9.53 Å². The summed E-state index contributed by atoms with van der Waals surface area (Å²) in [5, 5.41) is 6.25. The largest absolute Gasteiger partial charge is 0.496 e. The fraction of sp³-hybridized carbons (Fsp3) is 0.545. The van der Waals surface area contributed by atoms with E-state index in [-0.39, 0.29) is 17.9 Å². The number of piperidine rings is 1. The molecule has 1 amide bonds. The molecule has 1 N–H and O–H groups in total. The minimum absolute atomic E-state index is 0.0753. The Balaban J connectivity index is 1.62. The summed E-state index contributed by atoms with van der Waals surface area (Å²) in [7, 11) is 1.68. The van der Waals surface area contributed by atoms with Crippen LogP contribution in [0.2, 0.25) is 0 Å². The lowest BCUT2D eigenvalue weighted by molar-refractivity contribution is -0.127. The second-order valence-corrected chi connectivity index (χ2v) is 9.53. The van der Waals surface area contributed by atoms with E-state index < -0.39 is 0 Å². The molecule has 2 heterocycles. The number of nitrogens with one attached hydrogen (secondary N) is 1. The van der Waals surface area contributed by atoms with E-state index >= 15 is 0 Å². The molecule has 1 fully saturated rings. The quantitative estimate of drug-likeness (QED) is 0.572. The summed E-state index contributed by atoms with van der Waals surface area (Å²) in [5.41, 5.74) is 2.05. The highest BCUT2D eigenvalue weighted by Gasteiger charge is 2.27. The standard InChI is InChI=1S/C22H30BrN3O2S/c1-4-6-15(2)24-21(27)16-7-5-10-26(12-16)13-18-14-29-22(25-18)19-11-17(23)8-9-20(19)28-3/h8-9,11,14-16H,4-7,10,12-13H2,1-3H3,(H,24,27). The number of amides is 1. The Hall–Kier alpha value is -1.44. The molecule has 0 radical (unpaired) electrons. The number of hydrogen-bond donors (Lipinski definition) is 1. The van der Waals surface area contributed by atoms with Crippen LogP contribution in [0.1, 0.15) is 45.2 Å². The molecule has 1 saturated heterocycles. The van der Waals surface area contributed by atoms with Crippen molar-refractivity contribution in [3.05, 3.63) is 33.7 Å². The summed E-state index contributed by atoms with van der Waals surface area (Å²) in [5.74, 6) is 1.10. The number of aromatic nitrogens is 1. The molecule has 7 heteroatoms. The maximum Gasteiger partial charge on any atom is 0.224 e. The Labute approximate surface area is 186 Å². The summed E-state index contributed by atoms with van der Waals surface area (Å²) in [4.78, 5) is 19.8. The number of hydrogen-bond acceptors (Lipinski definition) is 5. The molecule has 1 aliphatic heterocycles. The first-order valence-corrected chi connectivity index (χ1v) is 12.0. The summed E-state index contributed by atoms with van der Waals surface area (Å²) in [6.07, 6.45) is 4.14. The first-order chi connectivity index (χ1) is 14.0. The van der Waals surface area contributed by atoms with Gasteiger partial charge in [0.2, 0.25) is 5.91 Å². The van der Waals surface area contributed by atoms with Gasteiger partial charge in [-0.3, -0.25) is 9.69 Å². The molecule has 1 aliphatic rings. The van der Waals surface area contributed by atoms with Crippen molar-refractivity contribution in [1.82, 2.24) is 15.2 Å². The number of rotatable bonds is 8. The zero-order valence-electron chi connectivity index (χ0n) is 17.4. The Morgan fingerprint density at radius 2 is 2.31 bits per heavy atom. The normalized spacial score (nSPS) is 18.4. The molecule has 2 atom stereocenters. The average Bonchev–Trinajstić information content (AvgIpc) is 3.16. The number of carbonyl (C=O) groups is 1. The summed E-state index contributed by atoms with van der Waals surface area (Å²) >= 11 is 5.16. The van der Waals surface area contributed by atoms with E-state index in [2.05, 4.69) is 45.4 Å². The predicted octanol–water partition coefficient (Wildman–Crippen LogP) is 5.10. The summed E-state index contributed by atoms with van der Waals surface area (Å²) < 4.78 is 6.50. The Kier molecular flexibility index (Phi) is 8.09. The number of nitrogens with zero attached hydrogens (tertiary/aromatic N) is 2. The van der Waals surface area contributed by atoms with Crippen LogP contribution >= 0.6 is 27.3 Å². The molecule has 158 valence electrons. The molecular formula is C22H30BrN3O2S. The van der Waals surface area contributed by atoms with Gasteiger partial charge < -0.3 is 10.1 Å². The molecule has 29 heavy (non-hydrogen) atoms. The van der Waals surface area contributed by atoms with E-state index in [1.807, 2.05) is 18.2 Å². The van der Waals surface area contributed by atoms with Crippen molar-refractivity contribution in [3.63, 3.8) is 0 Å². The van der Waals surface area contributed by atoms with E-state index in [9.17, 15) is 4.79 Å². The number of likely N-dealkylation sites (tertiary alicyclic amines) is 1. The highest BCUT2D eigenvalue weighted by atomic mass is 79.9. The predicted molar refractivity (Wildman–Crippen MR) is 122 cm³/mol. The summed E-state index contributed by atoms with van der Waals surface area (Å²) in [6, 6.07) is 6.22. The lowest BCUT2D eigenvalue weighted by atomic mass is 9.96. The Bertz CT molecular complexity index is 826. The van der Waals surface area contributed by atoms with Crippen LogP contribution in [-0.4, -0.2) is 42.0 Å². The van der Waals surface area contributed by atoms with Crippen molar-refractivity contribution >= 4 is 33.2 Å². The lowest BCUT2D eigenvalue weighted by Gasteiger charge is -2.32. The van der Waals surface area contributed by atoms with E-state index in [1.54, 1.807) is 18.4 Å². The molecule has 1 aromatic carbocycles. The monoisotopic (exact) mass is 479 g/mol. The van der Waals surface area contributed by atoms with Gasteiger partial charge in [-0.05, 0) is 50.9 Å². The zero-order valence-corrected chi connectivity index (χ0v) is 19.8. The van der Waals surface area contributed by atoms with Crippen molar-refractivity contribution in [1.29, 1.82) is 0 Å². The van der Waals surface area contributed by atoms with Crippen LogP contribution in [0.25, 0.3) is 10.6 Å². The number of thiazole rings is 1. The molecule has 0 bridgehead atoms. The number of carbonyl (C=O) groups excluding carboxylic acids is 1. The van der Waals surface area contributed by atoms with Crippen LogP contribution in [0, 0.1) is 5.92 Å². The summed E-state index contributed by atoms with van der Waals surface area (Å²) in [6.45, 7) is 6.84. The highest BCUT2D eigenvalue weighted by Crippen LogP contribution is 2.34. The number of ether oxygens (including phenoxy) is 1. The van der Waals surface area contributed by atoms with Crippen molar-refractivity contribution in [2.45, 2.75) is 52.1 Å². The third kappa shape index (κ3) is 6.03. The number of halogens is 1. The van der Waals surface area contributed by atoms with Gasteiger partial charge in [-0.25, -0.2) is 4.98 Å². The second-order valence-electron chi connectivity index (χ2n) is 7.76. The smallest absolute Gasteiger partial charge is 0.224 e. The first-order valence-electron chi connectivity index (χ1n) is 10.3. The minimum Gasteiger partial charge on any atom is -0.496 e. The fourth-order valence-electron chi connectivity index (χ4n) is 3.86. The number of methoxy groups -OCH3 is 1. The van der Waals surface area contributed by atoms with Crippen molar-refractivity contribution in [2.75, 3.05) is 20.2 Å². The van der Waals surface area contributed by atoms with Crippen molar-refractivity contribution in [2.24, 2.45) is 5.92 Å². The van der Waals surface area contributed by atoms with Crippen molar-refractivity contribution in [3.8, 4) is 16.3 Å². The van der Waals surface area contributed by atoms with Gasteiger partial charge in [0.25, 0.3) is 0 Å². The third-order valence-electron chi connectivity index (χ3n) is 5.32. The van der Waals surface area contributed by atoms with E-state index in [1.165, 1.54) is 0 Å². The van der Waals surface area contributed by atoms with Gasteiger partial charge in [0.15, 0.2) is 0 Å². The van der Waals surface area contributed by atoms with Crippen LogP contribution in [-0.2, 0) is 11.3 Å². The average molecular weight is 480 g/mol. The van der Waals surface area contributed by atoms with Gasteiger partial charge in [-0.2, -0.15) is 0 Å². The molecule has 2 unspecified atom stereocenters. The zero-order chi connectivity index (χ0) is 20.8. The highest BCUT2D eigenvalue weighted by molar-refractivity contribution is 9.10.